The first-order valence-corrected chi connectivity index (χ1v) is 7.62. The predicted molar refractivity (Wildman–Crippen MR) is 92.7 cm³/mol. The van der Waals surface area contributed by atoms with Crippen molar-refractivity contribution >= 4 is 23.1 Å². The van der Waals surface area contributed by atoms with Gasteiger partial charge in [0, 0.05) is 28.2 Å². The number of nitrogen functional groups attached to an aromatic ring is 1. The first-order chi connectivity index (χ1) is 12.2. The summed E-state index contributed by atoms with van der Waals surface area (Å²) in [4.78, 5) is 1.14. The zero-order valence-electron chi connectivity index (χ0n) is 13.1. The molecule has 4 rings (SSSR count). The minimum absolute atomic E-state index is 0.103. The Morgan fingerprint density at radius 2 is 1.92 bits per heavy atom. The predicted octanol–water partition coefficient (Wildman–Crippen LogP) is 2.28. The molecule has 124 valence electrons. The maximum atomic E-state index is 14.0. The summed E-state index contributed by atoms with van der Waals surface area (Å²) in [6.07, 6.45) is 3.55. The number of hydrogen-bond acceptors (Lipinski definition) is 5. The fraction of sp³-hybridized carbons (Fsp3) is 0.0588. The van der Waals surface area contributed by atoms with E-state index < -0.39 is 0 Å². The van der Waals surface area contributed by atoms with E-state index in [-0.39, 0.29) is 11.8 Å². The molecule has 8 heteroatoms. The van der Waals surface area contributed by atoms with Crippen molar-refractivity contribution in [3.63, 3.8) is 0 Å². The molecule has 0 fully saturated rings. The molecule has 0 saturated heterocycles. The molecule has 0 radical (unpaired) electrons. The first-order valence-electron chi connectivity index (χ1n) is 7.62. The van der Waals surface area contributed by atoms with Crippen molar-refractivity contribution in [3.05, 3.63) is 71.7 Å². The van der Waals surface area contributed by atoms with Gasteiger partial charge in [-0.05, 0) is 22.6 Å². The van der Waals surface area contributed by atoms with Crippen LogP contribution < -0.4 is 5.73 Å². The van der Waals surface area contributed by atoms with E-state index in [1.54, 1.807) is 18.3 Å². The van der Waals surface area contributed by atoms with Crippen molar-refractivity contribution < 1.29 is 4.39 Å². The fourth-order valence-electron chi connectivity index (χ4n) is 2.71. The number of tetrazole rings is 1. The van der Waals surface area contributed by atoms with Gasteiger partial charge in [-0.3, -0.25) is 0 Å². The number of anilines is 1. The van der Waals surface area contributed by atoms with E-state index in [0.717, 1.165) is 21.3 Å². The third kappa shape index (κ3) is 2.85. The summed E-state index contributed by atoms with van der Waals surface area (Å²) in [5.41, 5.74) is 8.08. The number of rotatable bonds is 4. The van der Waals surface area contributed by atoms with Gasteiger partial charge in [-0.2, -0.15) is 5.10 Å². The molecule has 2 N–H and O–H groups in total. The van der Waals surface area contributed by atoms with Crippen LogP contribution in [0.4, 0.5) is 10.3 Å². The quantitative estimate of drug-likeness (QED) is 0.580. The molecule has 2 aromatic heterocycles. The topological polar surface area (TPSA) is 86.9 Å². The Bertz CT molecular complexity index is 1060. The Kier molecular flexibility index (Phi) is 3.70. The maximum Gasteiger partial charge on any atom is 0.263 e. The fourth-order valence-corrected chi connectivity index (χ4v) is 2.71. The number of benzene rings is 2. The van der Waals surface area contributed by atoms with Gasteiger partial charge in [-0.1, -0.05) is 46.3 Å². The summed E-state index contributed by atoms with van der Waals surface area (Å²) >= 11 is 0. The molecule has 0 aliphatic carbocycles. The van der Waals surface area contributed by atoms with Gasteiger partial charge >= 0.3 is 0 Å². The highest BCUT2D eigenvalue weighted by molar-refractivity contribution is 5.99. The zero-order chi connectivity index (χ0) is 17.2. The lowest BCUT2D eigenvalue weighted by Gasteiger charge is -2.06. The number of halogens is 1. The molecular formula is C17H14FN7. The van der Waals surface area contributed by atoms with Crippen molar-refractivity contribution in [2.75, 3.05) is 5.73 Å². The van der Waals surface area contributed by atoms with Gasteiger partial charge in [0.15, 0.2) is 0 Å². The molecule has 0 aliphatic heterocycles. The van der Waals surface area contributed by atoms with Crippen LogP contribution >= 0.6 is 0 Å². The van der Waals surface area contributed by atoms with Crippen LogP contribution in [-0.2, 0) is 6.54 Å². The molecule has 0 saturated carbocycles. The number of nitrogens with two attached hydrogens (primary N) is 1. The molecule has 2 aromatic carbocycles. The minimum Gasteiger partial charge on any atom is -0.365 e. The molecule has 0 amide bonds. The largest absolute Gasteiger partial charge is 0.365 e. The number of fused-ring (bicyclic) bond motifs is 1. The van der Waals surface area contributed by atoms with E-state index in [0.29, 0.717) is 12.1 Å². The first kappa shape index (κ1) is 15.0. The van der Waals surface area contributed by atoms with Crippen LogP contribution in [0.2, 0.25) is 0 Å². The molecule has 0 unspecified atom stereocenters. The lowest BCUT2D eigenvalue weighted by molar-refractivity contribution is 0.602. The molecule has 4 aromatic rings. The normalized spacial score (nSPS) is 11.6. The second kappa shape index (κ2) is 6.16. The van der Waals surface area contributed by atoms with E-state index in [2.05, 4.69) is 20.6 Å². The summed E-state index contributed by atoms with van der Waals surface area (Å²) in [7, 11) is 0. The van der Waals surface area contributed by atoms with Crippen LogP contribution in [0.5, 0.6) is 0 Å². The van der Waals surface area contributed by atoms with Crippen LogP contribution in [0.15, 0.2) is 59.8 Å². The van der Waals surface area contributed by atoms with Gasteiger partial charge < -0.3 is 10.3 Å². The summed E-state index contributed by atoms with van der Waals surface area (Å²) in [5, 5.41) is 15.9. The average Bonchev–Trinajstić information content (AvgIpc) is 3.19. The lowest BCUT2D eigenvalue weighted by atomic mass is 10.2. The van der Waals surface area contributed by atoms with E-state index in [9.17, 15) is 4.39 Å². The molecule has 0 spiro atoms. The Morgan fingerprint density at radius 1 is 1.12 bits per heavy atom. The second-order valence-electron chi connectivity index (χ2n) is 5.49. The maximum absolute atomic E-state index is 14.0. The molecule has 0 atom stereocenters. The Labute approximate surface area is 142 Å². The van der Waals surface area contributed by atoms with Crippen molar-refractivity contribution in [1.82, 2.24) is 24.9 Å². The van der Waals surface area contributed by atoms with Crippen molar-refractivity contribution in [2.24, 2.45) is 5.10 Å². The van der Waals surface area contributed by atoms with Gasteiger partial charge in [0.25, 0.3) is 5.95 Å². The van der Waals surface area contributed by atoms with Gasteiger partial charge in [-0.15, -0.1) is 0 Å². The van der Waals surface area contributed by atoms with Crippen LogP contribution in [-0.4, -0.2) is 31.1 Å². The number of aromatic nitrogens is 5. The summed E-state index contributed by atoms with van der Waals surface area (Å²) < 4.78 is 16.0. The smallest absolute Gasteiger partial charge is 0.263 e. The highest BCUT2D eigenvalue weighted by Gasteiger charge is 2.09. The highest BCUT2D eigenvalue weighted by Crippen LogP contribution is 2.22. The second-order valence-corrected chi connectivity index (χ2v) is 5.49. The molecule has 0 bridgehead atoms. The van der Waals surface area contributed by atoms with Crippen LogP contribution in [0, 0.1) is 5.82 Å². The molecule has 0 aliphatic rings. The monoisotopic (exact) mass is 335 g/mol. The number of nitrogens with zero attached hydrogens (tertiary/aromatic N) is 6. The minimum atomic E-state index is -0.225. The van der Waals surface area contributed by atoms with E-state index >= 15 is 0 Å². The van der Waals surface area contributed by atoms with E-state index in [4.69, 9.17) is 5.73 Å². The van der Waals surface area contributed by atoms with Gasteiger partial charge in [0.1, 0.15) is 5.82 Å². The van der Waals surface area contributed by atoms with E-state index in [1.165, 1.54) is 6.07 Å². The standard InChI is InChI=1S/C17H14FN7/c18-15-7-3-1-5-12(15)10-24-11-13(14-6-2-4-8-16(14)24)9-20-25-17(19)21-22-23-25/h1-9,11H,10H2,(H2,19,21,23). The van der Waals surface area contributed by atoms with Gasteiger partial charge in [0.2, 0.25) is 0 Å². The van der Waals surface area contributed by atoms with Gasteiger partial charge in [-0.25, -0.2) is 4.39 Å². The van der Waals surface area contributed by atoms with Crippen LogP contribution in [0.25, 0.3) is 10.9 Å². The Hall–Kier alpha value is -3.55. The van der Waals surface area contributed by atoms with Gasteiger partial charge in [0.05, 0.1) is 12.8 Å². The average molecular weight is 335 g/mol. The zero-order valence-corrected chi connectivity index (χ0v) is 13.1. The summed E-state index contributed by atoms with van der Waals surface area (Å²) in [6.45, 7) is 0.425. The molecule has 2 heterocycles. The van der Waals surface area contributed by atoms with Crippen LogP contribution in [0.1, 0.15) is 11.1 Å². The third-order valence-electron chi connectivity index (χ3n) is 3.90. The number of para-hydroxylation sites is 1. The van der Waals surface area contributed by atoms with Crippen molar-refractivity contribution in [2.45, 2.75) is 6.54 Å². The highest BCUT2D eigenvalue weighted by atomic mass is 19.1. The molecule has 25 heavy (non-hydrogen) atoms. The third-order valence-corrected chi connectivity index (χ3v) is 3.90. The molecule has 7 nitrogen and oxygen atoms in total. The Morgan fingerprint density at radius 3 is 2.72 bits per heavy atom. The van der Waals surface area contributed by atoms with E-state index in [1.807, 2.05) is 41.1 Å². The summed E-state index contributed by atoms with van der Waals surface area (Å²) in [6, 6.07) is 14.6. The van der Waals surface area contributed by atoms with Crippen LogP contribution in [0.3, 0.4) is 0 Å². The molecular weight excluding hydrogens is 321 g/mol. The Balaban J connectivity index is 1.75. The summed E-state index contributed by atoms with van der Waals surface area (Å²) in [5.74, 6) is -0.122. The SMILES string of the molecule is Nc1nnnn1N=Cc1cn(Cc2ccccc2F)c2ccccc12. The van der Waals surface area contributed by atoms with Crippen molar-refractivity contribution in [3.8, 4) is 0 Å². The van der Waals surface area contributed by atoms with Crippen molar-refractivity contribution in [1.29, 1.82) is 0 Å². The number of hydrogen-bond donors (Lipinski definition) is 1. The lowest BCUT2D eigenvalue weighted by Crippen LogP contribution is -2.00.